The first-order chi connectivity index (χ1) is 7.66. The number of rotatable bonds is 4. The summed E-state index contributed by atoms with van der Waals surface area (Å²) in [5.74, 6) is 0.939. The second kappa shape index (κ2) is 4.52. The zero-order chi connectivity index (χ0) is 11.5. The normalized spacial score (nSPS) is 10.9. The van der Waals surface area contributed by atoms with Crippen molar-refractivity contribution in [1.29, 1.82) is 0 Å². The number of hydrogen-bond acceptors (Lipinski definition) is 6. The van der Waals surface area contributed by atoms with Crippen molar-refractivity contribution in [1.82, 2.24) is 15.1 Å². The third-order valence-electron chi connectivity index (χ3n) is 2.09. The van der Waals surface area contributed by atoms with Crippen LogP contribution in [0.4, 0.5) is 0 Å². The summed E-state index contributed by atoms with van der Waals surface area (Å²) in [6, 6.07) is 0. The van der Waals surface area contributed by atoms with E-state index in [9.17, 15) is 4.79 Å². The van der Waals surface area contributed by atoms with E-state index in [2.05, 4.69) is 15.1 Å². The summed E-state index contributed by atoms with van der Waals surface area (Å²) in [5, 5.41) is 3.80. The van der Waals surface area contributed by atoms with Crippen molar-refractivity contribution < 1.29 is 9.32 Å². The molecule has 16 heavy (non-hydrogen) atoms. The summed E-state index contributed by atoms with van der Waals surface area (Å²) in [7, 11) is 0. The van der Waals surface area contributed by atoms with Crippen LogP contribution in [0.15, 0.2) is 16.2 Å². The molecule has 0 spiro atoms. The topological polar surface area (TPSA) is 68.9 Å². The van der Waals surface area contributed by atoms with Gasteiger partial charge in [-0.2, -0.15) is 4.98 Å². The lowest BCUT2D eigenvalue weighted by Gasteiger charge is -1.98. The van der Waals surface area contributed by atoms with Gasteiger partial charge < -0.3 is 4.52 Å². The van der Waals surface area contributed by atoms with Gasteiger partial charge in [0.1, 0.15) is 5.78 Å². The lowest BCUT2D eigenvalue weighted by atomic mass is 10.1. The van der Waals surface area contributed by atoms with E-state index in [0.29, 0.717) is 11.7 Å². The van der Waals surface area contributed by atoms with Gasteiger partial charge >= 0.3 is 0 Å². The predicted molar refractivity (Wildman–Crippen MR) is 59.0 cm³/mol. The fraction of sp³-hybridized carbons (Fsp3) is 0.400. The molecule has 0 aliphatic carbocycles. The summed E-state index contributed by atoms with van der Waals surface area (Å²) in [5.41, 5.74) is 1.70. The van der Waals surface area contributed by atoms with E-state index in [0.717, 1.165) is 4.88 Å². The molecule has 0 aliphatic heterocycles. The molecule has 0 atom stereocenters. The van der Waals surface area contributed by atoms with E-state index in [4.69, 9.17) is 4.52 Å². The largest absolute Gasteiger partial charge is 0.338 e. The Balaban J connectivity index is 2.11. The summed E-state index contributed by atoms with van der Waals surface area (Å²) in [4.78, 5) is 20.4. The molecule has 2 aromatic heterocycles. The Labute approximate surface area is 96.5 Å². The van der Waals surface area contributed by atoms with Crippen LogP contribution in [0.5, 0.6) is 0 Å². The van der Waals surface area contributed by atoms with Gasteiger partial charge in [-0.1, -0.05) is 19.0 Å². The van der Waals surface area contributed by atoms with Crippen molar-refractivity contribution in [3.8, 4) is 10.7 Å². The predicted octanol–water partition coefficient (Wildman–Crippen LogP) is 1.96. The summed E-state index contributed by atoms with van der Waals surface area (Å²) >= 11 is 1.43. The maximum absolute atomic E-state index is 11.5. The molecule has 5 nitrogen and oxygen atoms in total. The second-order valence-corrected chi connectivity index (χ2v) is 4.56. The Bertz CT molecular complexity index is 476. The number of thiazole rings is 1. The molecule has 0 bridgehead atoms. The lowest BCUT2D eigenvalue weighted by Crippen LogP contribution is -2.10. The molecule has 0 aromatic carbocycles. The second-order valence-electron chi connectivity index (χ2n) is 3.68. The molecule has 0 aliphatic rings. The first kappa shape index (κ1) is 10.9. The molecule has 2 heterocycles. The van der Waals surface area contributed by atoms with Crippen LogP contribution < -0.4 is 0 Å². The minimum Gasteiger partial charge on any atom is -0.338 e. The Morgan fingerprint density at radius 3 is 3.00 bits per heavy atom. The van der Waals surface area contributed by atoms with Crippen molar-refractivity contribution in [2.45, 2.75) is 20.3 Å². The van der Waals surface area contributed by atoms with Gasteiger partial charge in [-0.3, -0.25) is 9.78 Å². The Kier molecular flexibility index (Phi) is 3.09. The third-order valence-corrected chi connectivity index (χ3v) is 2.86. The lowest BCUT2D eigenvalue weighted by molar-refractivity contribution is -0.121. The molecule has 0 fully saturated rings. The Morgan fingerprint density at radius 2 is 2.38 bits per heavy atom. The average molecular weight is 237 g/mol. The summed E-state index contributed by atoms with van der Waals surface area (Å²) in [6.07, 6.45) is 1.87. The van der Waals surface area contributed by atoms with E-state index in [1.807, 2.05) is 13.8 Å². The minimum absolute atomic E-state index is 0.0150. The Morgan fingerprint density at radius 1 is 1.56 bits per heavy atom. The number of carbonyl (C=O) groups excluding carboxylic acids is 1. The molecule has 84 valence electrons. The maximum atomic E-state index is 11.5. The highest BCUT2D eigenvalue weighted by molar-refractivity contribution is 7.13. The molecule has 2 aromatic rings. The first-order valence-corrected chi connectivity index (χ1v) is 5.79. The van der Waals surface area contributed by atoms with Crippen molar-refractivity contribution in [2.75, 3.05) is 0 Å². The molecule has 0 radical (unpaired) electrons. The maximum Gasteiger partial charge on any atom is 0.234 e. The molecule has 6 heteroatoms. The highest BCUT2D eigenvalue weighted by Gasteiger charge is 2.15. The van der Waals surface area contributed by atoms with Gasteiger partial charge in [-0.05, 0) is 0 Å². The van der Waals surface area contributed by atoms with Gasteiger partial charge in [0.25, 0.3) is 0 Å². The van der Waals surface area contributed by atoms with E-state index in [1.54, 1.807) is 11.7 Å². The third kappa shape index (κ3) is 2.33. The minimum atomic E-state index is -0.0150. The van der Waals surface area contributed by atoms with E-state index < -0.39 is 0 Å². The van der Waals surface area contributed by atoms with Crippen LogP contribution in [0.25, 0.3) is 10.7 Å². The summed E-state index contributed by atoms with van der Waals surface area (Å²) < 4.78 is 5.01. The van der Waals surface area contributed by atoms with Gasteiger partial charge in [0.15, 0.2) is 0 Å². The fourth-order valence-corrected chi connectivity index (χ4v) is 1.65. The SMILES string of the molecule is CC(C)C(=O)Cc1nc(-c2cncs2)no1. The van der Waals surface area contributed by atoms with Crippen LogP contribution >= 0.6 is 11.3 Å². The van der Waals surface area contributed by atoms with Crippen LogP contribution in [0.2, 0.25) is 0 Å². The van der Waals surface area contributed by atoms with Crippen molar-refractivity contribution in [3.63, 3.8) is 0 Å². The van der Waals surface area contributed by atoms with Crippen LogP contribution in [0, 0.1) is 5.92 Å². The quantitative estimate of drug-likeness (QED) is 0.813. The highest BCUT2D eigenvalue weighted by atomic mass is 32.1. The van der Waals surface area contributed by atoms with Crippen molar-refractivity contribution in [3.05, 3.63) is 17.6 Å². The zero-order valence-electron chi connectivity index (χ0n) is 9.01. The molecule has 0 N–H and O–H groups in total. The van der Waals surface area contributed by atoms with Gasteiger partial charge in [0.05, 0.1) is 16.8 Å². The molecule has 0 amide bonds. The van der Waals surface area contributed by atoms with Gasteiger partial charge in [0, 0.05) is 12.1 Å². The molecular formula is C10H11N3O2S. The molecule has 0 saturated heterocycles. The van der Waals surface area contributed by atoms with Gasteiger partial charge in [0.2, 0.25) is 11.7 Å². The number of ketones is 1. The smallest absolute Gasteiger partial charge is 0.234 e. The van der Waals surface area contributed by atoms with Crippen LogP contribution in [-0.2, 0) is 11.2 Å². The molecule has 2 rings (SSSR count). The fourth-order valence-electron chi connectivity index (χ4n) is 1.11. The van der Waals surface area contributed by atoms with Crippen molar-refractivity contribution >= 4 is 17.1 Å². The monoisotopic (exact) mass is 237 g/mol. The van der Waals surface area contributed by atoms with Crippen LogP contribution in [0.1, 0.15) is 19.7 Å². The number of Topliss-reactive ketones (excluding diaryl/α,β-unsaturated/α-hetero) is 1. The van der Waals surface area contributed by atoms with Gasteiger partial charge in [-0.25, -0.2) is 0 Å². The standard InChI is InChI=1S/C10H11N3O2S/c1-6(2)7(14)3-9-12-10(13-15-9)8-4-11-5-16-8/h4-6H,3H2,1-2H3. The molecular weight excluding hydrogens is 226 g/mol. The van der Waals surface area contributed by atoms with E-state index >= 15 is 0 Å². The molecule has 0 unspecified atom stereocenters. The Hall–Kier alpha value is -1.56. The number of hydrogen-bond donors (Lipinski definition) is 0. The number of nitrogens with zero attached hydrogens (tertiary/aromatic N) is 3. The van der Waals surface area contributed by atoms with Crippen molar-refractivity contribution in [2.24, 2.45) is 5.92 Å². The van der Waals surface area contributed by atoms with E-state index in [1.165, 1.54) is 11.3 Å². The van der Waals surface area contributed by atoms with Crippen LogP contribution in [-0.4, -0.2) is 20.9 Å². The zero-order valence-corrected chi connectivity index (χ0v) is 9.82. The first-order valence-electron chi connectivity index (χ1n) is 4.91. The average Bonchev–Trinajstić information content (AvgIpc) is 2.85. The van der Waals surface area contributed by atoms with Crippen LogP contribution in [0.3, 0.4) is 0 Å². The number of aromatic nitrogens is 3. The number of carbonyl (C=O) groups is 1. The summed E-state index contributed by atoms with van der Waals surface area (Å²) in [6.45, 7) is 3.70. The van der Waals surface area contributed by atoms with Gasteiger partial charge in [-0.15, -0.1) is 11.3 Å². The highest BCUT2D eigenvalue weighted by Crippen LogP contribution is 2.19. The van der Waals surface area contributed by atoms with E-state index in [-0.39, 0.29) is 18.1 Å². The molecule has 0 saturated carbocycles.